The van der Waals surface area contributed by atoms with E-state index < -0.39 is 6.09 Å². The zero-order chi connectivity index (χ0) is 19.1. The Kier molecular flexibility index (Phi) is 6.67. The lowest BCUT2D eigenvalue weighted by Crippen LogP contribution is -2.16. The molecule has 1 aromatic carbocycles. The molecular weight excluding hydrogens is 346 g/mol. The van der Waals surface area contributed by atoms with Crippen LogP contribution >= 0.6 is 0 Å². The molecule has 0 saturated carbocycles. The van der Waals surface area contributed by atoms with E-state index in [0.717, 1.165) is 61.4 Å². The van der Waals surface area contributed by atoms with Crippen LogP contribution in [0.25, 0.3) is 11.3 Å². The second-order valence-electron chi connectivity index (χ2n) is 6.65. The number of aromatic amines is 1. The standard InChI is InChI=1S/C19H27N5O3/c20-15-5-3-1-2-4-8-21-16-11-13(23-19(26)27-10-9-25)6-7-14(16)17-12-22-18(15)24-17/h6-7,11-12,15,21,25H,1-5,8-10,20H2,(H,22,24)(H,23,26)/t15-/m0/s1. The van der Waals surface area contributed by atoms with Crippen LogP contribution in [0, 0.1) is 0 Å². The highest BCUT2D eigenvalue weighted by Gasteiger charge is 2.15. The van der Waals surface area contributed by atoms with Crippen LogP contribution in [0.15, 0.2) is 24.4 Å². The molecule has 0 spiro atoms. The Balaban J connectivity index is 1.84. The summed E-state index contributed by atoms with van der Waals surface area (Å²) < 4.78 is 4.85. The van der Waals surface area contributed by atoms with Gasteiger partial charge in [0.1, 0.15) is 12.4 Å². The fraction of sp³-hybridized carbons (Fsp3) is 0.474. The first kappa shape index (κ1) is 19.2. The van der Waals surface area contributed by atoms with Gasteiger partial charge in [0.05, 0.1) is 18.3 Å². The predicted octanol–water partition coefficient (Wildman–Crippen LogP) is 2.99. The molecule has 0 fully saturated rings. The van der Waals surface area contributed by atoms with Crippen molar-refractivity contribution in [1.29, 1.82) is 0 Å². The van der Waals surface area contributed by atoms with Crippen LogP contribution in [0.4, 0.5) is 16.2 Å². The number of hydrogen-bond acceptors (Lipinski definition) is 6. The van der Waals surface area contributed by atoms with Gasteiger partial charge in [0.2, 0.25) is 0 Å². The average molecular weight is 373 g/mol. The number of nitrogens with two attached hydrogens (primary N) is 1. The van der Waals surface area contributed by atoms with Gasteiger partial charge < -0.3 is 25.9 Å². The van der Waals surface area contributed by atoms with Gasteiger partial charge in [-0.05, 0) is 31.0 Å². The molecule has 146 valence electrons. The number of nitrogens with one attached hydrogen (secondary N) is 3. The average Bonchev–Trinajstić information content (AvgIpc) is 3.15. The molecule has 2 aromatic rings. The molecule has 8 nitrogen and oxygen atoms in total. The smallest absolute Gasteiger partial charge is 0.411 e. The third kappa shape index (κ3) is 5.21. The van der Waals surface area contributed by atoms with Crippen molar-refractivity contribution in [2.45, 2.75) is 38.1 Å². The Bertz CT molecular complexity index is 762. The van der Waals surface area contributed by atoms with Gasteiger partial charge in [0.15, 0.2) is 0 Å². The van der Waals surface area contributed by atoms with Gasteiger partial charge in [0, 0.05) is 29.7 Å². The van der Waals surface area contributed by atoms with Crippen molar-refractivity contribution in [2.24, 2.45) is 5.73 Å². The highest BCUT2D eigenvalue weighted by molar-refractivity contribution is 5.88. The van der Waals surface area contributed by atoms with E-state index in [0.29, 0.717) is 5.69 Å². The highest BCUT2D eigenvalue weighted by atomic mass is 16.6. The van der Waals surface area contributed by atoms with Crippen LogP contribution in [-0.2, 0) is 4.74 Å². The Morgan fingerprint density at radius 2 is 2.19 bits per heavy atom. The summed E-state index contributed by atoms with van der Waals surface area (Å²) in [5.41, 5.74) is 9.51. The van der Waals surface area contributed by atoms with E-state index in [2.05, 4.69) is 20.6 Å². The van der Waals surface area contributed by atoms with Gasteiger partial charge in [-0.25, -0.2) is 9.78 Å². The molecule has 1 aliphatic rings. The van der Waals surface area contributed by atoms with Gasteiger partial charge in [-0.3, -0.25) is 5.32 Å². The van der Waals surface area contributed by atoms with Crippen molar-refractivity contribution in [3.05, 3.63) is 30.2 Å². The number of ether oxygens (including phenoxy) is 1. The zero-order valence-corrected chi connectivity index (χ0v) is 15.3. The zero-order valence-electron chi connectivity index (χ0n) is 15.3. The maximum Gasteiger partial charge on any atom is 0.411 e. The number of carbonyl (C=O) groups excluding carboxylic acids is 1. The molecule has 0 saturated heterocycles. The number of aromatic nitrogens is 2. The fourth-order valence-corrected chi connectivity index (χ4v) is 3.15. The number of aliphatic hydroxyl groups excluding tert-OH is 1. The van der Waals surface area contributed by atoms with Crippen LogP contribution < -0.4 is 16.4 Å². The number of amides is 1. The molecule has 0 unspecified atom stereocenters. The van der Waals surface area contributed by atoms with Crippen molar-refractivity contribution in [2.75, 3.05) is 30.4 Å². The first-order chi connectivity index (χ1) is 13.2. The first-order valence-electron chi connectivity index (χ1n) is 9.41. The molecular formula is C19H27N5O3. The number of hydrogen-bond donors (Lipinski definition) is 5. The summed E-state index contributed by atoms with van der Waals surface area (Å²) in [5, 5.41) is 14.9. The Morgan fingerprint density at radius 1 is 1.33 bits per heavy atom. The molecule has 0 aliphatic carbocycles. The predicted molar refractivity (Wildman–Crippen MR) is 105 cm³/mol. The Morgan fingerprint density at radius 3 is 3.04 bits per heavy atom. The maximum atomic E-state index is 11.7. The van der Waals surface area contributed by atoms with Crippen LogP contribution in [0.1, 0.15) is 44.0 Å². The Labute approximate surface area is 158 Å². The summed E-state index contributed by atoms with van der Waals surface area (Å²) in [6.07, 6.45) is 6.64. The number of carbonyl (C=O) groups is 1. The van der Waals surface area contributed by atoms with Crippen LogP contribution in [-0.4, -0.2) is 40.9 Å². The lowest BCUT2D eigenvalue weighted by molar-refractivity contribution is 0.131. The molecule has 3 rings (SSSR count). The van der Waals surface area contributed by atoms with Crippen molar-refractivity contribution >= 4 is 17.5 Å². The number of benzene rings is 1. The molecule has 1 amide bonds. The lowest BCUT2D eigenvalue weighted by Gasteiger charge is -2.13. The van der Waals surface area contributed by atoms with E-state index in [1.165, 1.54) is 0 Å². The number of aliphatic hydroxyl groups is 1. The largest absolute Gasteiger partial charge is 0.447 e. The topological polar surface area (TPSA) is 125 Å². The SMILES string of the molecule is N[C@H]1CCCCCCNc2cc(NC(=O)OCCO)ccc2-c2c[nH]c1n2. The van der Waals surface area contributed by atoms with Gasteiger partial charge in [-0.2, -0.15) is 0 Å². The van der Waals surface area contributed by atoms with E-state index in [9.17, 15) is 4.79 Å². The lowest BCUT2D eigenvalue weighted by atomic mass is 10.1. The summed E-state index contributed by atoms with van der Waals surface area (Å²) in [6.45, 7) is 0.600. The van der Waals surface area contributed by atoms with Crippen LogP contribution in [0.3, 0.4) is 0 Å². The molecule has 1 aliphatic heterocycles. The summed E-state index contributed by atoms with van der Waals surface area (Å²) in [5.74, 6) is 0.796. The Hall–Kier alpha value is -2.58. The first-order valence-corrected chi connectivity index (χ1v) is 9.41. The van der Waals surface area contributed by atoms with Gasteiger partial charge in [0.25, 0.3) is 0 Å². The second-order valence-corrected chi connectivity index (χ2v) is 6.65. The number of H-pyrrole nitrogens is 1. The van der Waals surface area contributed by atoms with E-state index in [4.69, 9.17) is 15.6 Å². The number of imidazole rings is 1. The summed E-state index contributed by atoms with van der Waals surface area (Å²) in [6, 6.07) is 5.49. The van der Waals surface area contributed by atoms with E-state index in [1.807, 2.05) is 18.3 Å². The highest BCUT2D eigenvalue weighted by Crippen LogP contribution is 2.31. The van der Waals surface area contributed by atoms with Gasteiger partial charge in [-0.15, -0.1) is 0 Å². The monoisotopic (exact) mass is 373 g/mol. The number of anilines is 2. The molecule has 8 heteroatoms. The molecule has 6 N–H and O–H groups in total. The third-order valence-corrected chi connectivity index (χ3v) is 4.57. The molecule has 27 heavy (non-hydrogen) atoms. The summed E-state index contributed by atoms with van der Waals surface area (Å²) in [4.78, 5) is 19.6. The van der Waals surface area contributed by atoms with Crippen LogP contribution in [0.5, 0.6) is 0 Å². The summed E-state index contributed by atoms with van der Waals surface area (Å²) in [7, 11) is 0. The van der Waals surface area contributed by atoms with Gasteiger partial charge in [-0.1, -0.05) is 19.3 Å². The molecule has 2 heterocycles. The second kappa shape index (κ2) is 9.38. The molecule has 1 aromatic heterocycles. The summed E-state index contributed by atoms with van der Waals surface area (Å²) >= 11 is 0. The fourth-order valence-electron chi connectivity index (χ4n) is 3.15. The number of fused-ring (bicyclic) bond motifs is 4. The molecule has 1 atom stereocenters. The maximum absolute atomic E-state index is 11.7. The van der Waals surface area contributed by atoms with Crippen molar-refractivity contribution < 1.29 is 14.6 Å². The number of nitrogens with zero attached hydrogens (tertiary/aromatic N) is 1. The quantitative estimate of drug-likeness (QED) is 0.563. The van der Waals surface area contributed by atoms with Crippen molar-refractivity contribution in [1.82, 2.24) is 9.97 Å². The van der Waals surface area contributed by atoms with E-state index >= 15 is 0 Å². The molecule has 2 bridgehead atoms. The van der Waals surface area contributed by atoms with Gasteiger partial charge >= 0.3 is 6.09 Å². The van der Waals surface area contributed by atoms with E-state index in [1.54, 1.807) is 6.07 Å². The minimum Gasteiger partial charge on any atom is -0.447 e. The minimum absolute atomic E-state index is 0.0364. The van der Waals surface area contributed by atoms with Crippen LogP contribution in [0.2, 0.25) is 0 Å². The molecule has 0 radical (unpaired) electrons. The third-order valence-electron chi connectivity index (χ3n) is 4.57. The normalized spacial score (nSPS) is 17.5. The van der Waals surface area contributed by atoms with Crippen molar-refractivity contribution in [3.8, 4) is 11.3 Å². The van der Waals surface area contributed by atoms with E-state index in [-0.39, 0.29) is 19.3 Å². The minimum atomic E-state index is -0.596. The number of rotatable bonds is 3. The van der Waals surface area contributed by atoms with Crippen molar-refractivity contribution in [3.63, 3.8) is 0 Å².